The number of carbonyl (C=O) groups excluding carboxylic acids is 1. The number of benzene rings is 3. The third-order valence-corrected chi connectivity index (χ3v) is 6.82. The van der Waals surface area contributed by atoms with Crippen molar-refractivity contribution in [1.82, 2.24) is 4.90 Å². The van der Waals surface area contributed by atoms with Crippen molar-refractivity contribution in [1.29, 1.82) is 0 Å². The number of hydrogen-bond donors (Lipinski definition) is 1. The highest BCUT2D eigenvalue weighted by Crippen LogP contribution is 2.51. The summed E-state index contributed by atoms with van der Waals surface area (Å²) < 4.78 is 0. The molecule has 2 aliphatic rings. The van der Waals surface area contributed by atoms with E-state index in [-0.39, 0.29) is 17.9 Å². The SMILES string of the molecule is CN(Cc1ccccc1)C(=O)c1cccc2c1NC(c1ccccc1Cl)C1CC=CC21. The van der Waals surface area contributed by atoms with Crippen LogP contribution in [0.5, 0.6) is 0 Å². The number of anilines is 1. The zero-order valence-corrected chi connectivity index (χ0v) is 18.2. The lowest BCUT2D eigenvalue weighted by Gasteiger charge is -2.39. The first-order valence-corrected chi connectivity index (χ1v) is 11.1. The second-order valence-electron chi connectivity index (χ2n) is 8.41. The molecule has 0 fully saturated rings. The van der Waals surface area contributed by atoms with Gasteiger partial charge in [0.1, 0.15) is 0 Å². The summed E-state index contributed by atoms with van der Waals surface area (Å²) in [6.45, 7) is 0.573. The Morgan fingerprint density at radius 3 is 2.55 bits per heavy atom. The molecule has 1 aliphatic carbocycles. The molecule has 0 saturated heterocycles. The van der Waals surface area contributed by atoms with Crippen LogP contribution in [0, 0.1) is 5.92 Å². The highest BCUT2D eigenvalue weighted by molar-refractivity contribution is 6.31. The number of fused-ring (bicyclic) bond motifs is 3. The van der Waals surface area contributed by atoms with Crippen LogP contribution in [0.15, 0.2) is 84.9 Å². The number of carbonyl (C=O) groups is 1. The van der Waals surface area contributed by atoms with Gasteiger partial charge in [0.15, 0.2) is 0 Å². The molecular formula is C27H25ClN2O. The van der Waals surface area contributed by atoms with Gasteiger partial charge in [0.25, 0.3) is 5.91 Å². The molecule has 1 amide bonds. The van der Waals surface area contributed by atoms with Crippen LogP contribution >= 0.6 is 11.6 Å². The molecular weight excluding hydrogens is 404 g/mol. The van der Waals surface area contributed by atoms with Gasteiger partial charge >= 0.3 is 0 Å². The van der Waals surface area contributed by atoms with E-state index in [1.807, 2.05) is 67.7 Å². The van der Waals surface area contributed by atoms with E-state index in [0.717, 1.165) is 28.3 Å². The number of allylic oxidation sites excluding steroid dienone is 2. The van der Waals surface area contributed by atoms with Crippen LogP contribution in [0.4, 0.5) is 5.69 Å². The van der Waals surface area contributed by atoms with Crippen LogP contribution in [0.2, 0.25) is 5.02 Å². The van der Waals surface area contributed by atoms with Crippen LogP contribution < -0.4 is 5.32 Å². The van der Waals surface area contributed by atoms with Gasteiger partial charge in [0.05, 0.1) is 17.3 Å². The van der Waals surface area contributed by atoms with Crippen molar-refractivity contribution in [3.63, 3.8) is 0 Å². The standard InChI is InChI=1S/C27H25ClN2O/c1-30(17-18-9-3-2-4-10-18)27(31)23-15-8-14-21-19-12-7-13-20(19)25(29-26(21)23)22-11-5-6-16-24(22)28/h2-12,14-16,19-20,25,29H,13,17H2,1H3. The van der Waals surface area contributed by atoms with Gasteiger partial charge in [0.2, 0.25) is 0 Å². The summed E-state index contributed by atoms with van der Waals surface area (Å²) in [7, 11) is 1.86. The smallest absolute Gasteiger partial charge is 0.256 e. The van der Waals surface area contributed by atoms with Gasteiger partial charge in [-0.3, -0.25) is 4.79 Å². The van der Waals surface area contributed by atoms with Crippen LogP contribution in [-0.2, 0) is 6.54 Å². The third-order valence-electron chi connectivity index (χ3n) is 6.48. The summed E-state index contributed by atoms with van der Waals surface area (Å²) >= 11 is 6.58. The highest BCUT2D eigenvalue weighted by atomic mass is 35.5. The number of para-hydroxylation sites is 1. The molecule has 3 nitrogen and oxygen atoms in total. The van der Waals surface area contributed by atoms with E-state index in [2.05, 4.69) is 29.6 Å². The summed E-state index contributed by atoms with van der Waals surface area (Å²) in [5.41, 5.74) is 5.05. The second kappa shape index (κ2) is 8.24. The fraction of sp³-hybridized carbons (Fsp3) is 0.222. The Bertz CT molecular complexity index is 1140. The van der Waals surface area contributed by atoms with Gasteiger partial charge < -0.3 is 10.2 Å². The van der Waals surface area contributed by atoms with E-state index in [1.54, 1.807) is 4.90 Å². The quantitative estimate of drug-likeness (QED) is 0.485. The molecule has 0 bridgehead atoms. The van der Waals surface area contributed by atoms with Crippen LogP contribution in [0.3, 0.4) is 0 Å². The number of hydrogen-bond acceptors (Lipinski definition) is 2. The van der Waals surface area contributed by atoms with Crippen molar-refractivity contribution in [3.8, 4) is 0 Å². The molecule has 1 N–H and O–H groups in total. The average Bonchev–Trinajstić information content (AvgIpc) is 3.29. The molecule has 5 rings (SSSR count). The van der Waals surface area contributed by atoms with E-state index in [0.29, 0.717) is 18.0 Å². The zero-order valence-electron chi connectivity index (χ0n) is 17.5. The maximum absolute atomic E-state index is 13.5. The van der Waals surface area contributed by atoms with E-state index in [9.17, 15) is 4.79 Å². The Kier molecular flexibility index (Phi) is 5.29. The fourth-order valence-corrected chi connectivity index (χ4v) is 5.22. The summed E-state index contributed by atoms with van der Waals surface area (Å²) in [6.07, 6.45) is 5.54. The molecule has 0 aromatic heterocycles. The van der Waals surface area contributed by atoms with Gasteiger partial charge in [-0.1, -0.05) is 84.4 Å². The first kappa shape index (κ1) is 19.9. The van der Waals surface area contributed by atoms with Crippen molar-refractivity contribution in [2.75, 3.05) is 12.4 Å². The molecule has 1 heterocycles. The molecule has 3 atom stereocenters. The number of halogens is 1. The maximum atomic E-state index is 13.5. The molecule has 31 heavy (non-hydrogen) atoms. The normalized spacial score (nSPS) is 21.2. The minimum atomic E-state index is 0.0199. The summed E-state index contributed by atoms with van der Waals surface area (Å²) in [5.74, 6) is 0.691. The van der Waals surface area contributed by atoms with E-state index in [1.165, 1.54) is 5.56 Å². The lowest BCUT2D eigenvalue weighted by atomic mass is 9.76. The van der Waals surface area contributed by atoms with Crippen LogP contribution in [0.25, 0.3) is 0 Å². The molecule has 4 heteroatoms. The summed E-state index contributed by atoms with van der Waals surface area (Å²) in [5, 5.41) is 4.48. The van der Waals surface area contributed by atoms with Crippen molar-refractivity contribution in [2.24, 2.45) is 5.92 Å². The largest absolute Gasteiger partial charge is 0.377 e. The van der Waals surface area contributed by atoms with Crippen molar-refractivity contribution in [3.05, 3.63) is 112 Å². The van der Waals surface area contributed by atoms with Gasteiger partial charge in [0, 0.05) is 24.5 Å². The number of rotatable bonds is 4. The van der Waals surface area contributed by atoms with E-state index < -0.39 is 0 Å². The van der Waals surface area contributed by atoms with Gasteiger partial charge in [-0.25, -0.2) is 0 Å². The molecule has 3 unspecified atom stereocenters. The van der Waals surface area contributed by atoms with Crippen LogP contribution in [0.1, 0.15) is 45.4 Å². The first-order chi connectivity index (χ1) is 15.1. The molecule has 3 aromatic rings. The van der Waals surface area contributed by atoms with E-state index >= 15 is 0 Å². The molecule has 0 saturated carbocycles. The molecule has 0 spiro atoms. The first-order valence-electron chi connectivity index (χ1n) is 10.7. The third kappa shape index (κ3) is 3.64. The number of amides is 1. The minimum Gasteiger partial charge on any atom is -0.377 e. The summed E-state index contributed by atoms with van der Waals surface area (Å²) in [4.78, 5) is 15.3. The second-order valence-corrected chi connectivity index (χ2v) is 8.82. The molecule has 156 valence electrons. The lowest BCUT2D eigenvalue weighted by Crippen LogP contribution is -2.33. The number of nitrogens with one attached hydrogen (secondary N) is 1. The monoisotopic (exact) mass is 428 g/mol. The zero-order chi connectivity index (χ0) is 21.4. The highest BCUT2D eigenvalue weighted by Gasteiger charge is 2.40. The minimum absolute atomic E-state index is 0.0199. The Hall–Kier alpha value is -3.04. The Morgan fingerprint density at radius 1 is 1.00 bits per heavy atom. The maximum Gasteiger partial charge on any atom is 0.256 e. The van der Waals surface area contributed by atoms with E-state index in [4.69, 9.17) is 11.6 Å². The van der Waals surface area contributed by atoms with Gasteiger partial charge in [-0.15, -0.1) is 0 Å². The molecule has 0 radical (unpaired) electrons. The predicted molar refractivity (Wildman–Crippen MR) is 126 cm³/mol. The van der Waals surface area contributed by atoms with Gasteiger partial charge in [-0.05, 0) is 41.2 Å². The van der Waals surface area contributed by atoms with Gasteiger partial charge in [-0.2, -0.15) is 0 Å². The van der Waals surface area contributed by atoms with Crippen molar-refractivity contribution >= 4 is 23.2 Å². The van der Waals surface area contributed by atoms with Crippen LogP contribution in [-0.4, -0.2) is 17.9 Å². The Balaban J connectivity index is 1.52. The van der Waals surface area contributed by atoms with Crippen molar-refractivity contribution in [2.45, 2.75) is 24.9 Å². The number of nitrogens with zero attached hydrogens (tertiary/aromatic N) is 1. The predicted octanol–water partition coefficient (Wildman–Crippen LogP) is 6.44. The van der Waals surface area contributed by atoms with Crippen molar-refractivity contribution < 1.29 is 4.79 Å². The molecule has 3 aromatic carbocycles. The summed E-state index contributed by atoms with van der Waals surface area (Å²) in [6, 6.07) is 24.2. The average molecular weight is 429 g/mol. The lowest BCUT2D eigenvalue weighted by molar-refractivity contribution is 0.0785. The molecule has 1 aliphatic heterocycles. The fourth-order valence-electron chi connectivity index (χ4n) is 4.97. The Morgan fingerprint density at radius 2 is 1.74 bits per heavy atom. The topological polar surface area (TPSA) is 32.3 Å². The Labute approximate surface area is 188 Å².